The van der Waals surface area contributed by atoms with E-state index < -0.39 is 6.10 Å². The summed E-state index contributed by atoms with van der Waals surface area (Å²) >= 11 is 3.45. The minimum Gasteiger partial charge on any atom is -0.490 e. The third-order valence-electron chi connectivity index (χ3n) is 4.27. The molecule has 2 unspecified atom stereocenters. The van der Waals surface area contributed by atoms with Gasteiger partial charge in [-0.05, 0) is 41.3 Å². The van der Waals surface area contributed by atoms with Crippen LogP contribution in [0.2, 0.25) is 0 Å². The van der Waals surface area contributed by atoms with E-state index in [1.165, 1.54) is 5.56 Å². The van der Waals surface area contributed by atoms with Gasteiger partial charge in [-0.1, -0.05) is 30.3 Å². The zero-order valence-corrected chi connectivity index (χ0v) is 16.4. The second kappa shape index (κ2) is 9.26. The second-order valence-corrected chi connectivity index (χ2v) is 7.29. The van der Waals surface area contributed by atoms with Crippen molar-refractivity contribution in [3.63, 3.8) is 0 Å². The molecule has 3 rings (SSSR count). The topological polar surface area (TPSA) is 60.0 Å². The van der Waals surface area contributed by atoms with Gasteiger partial charge in [0.1, 0.15) is 18.5 Å². The average molecular weight is 422 g/mol. The molecule has 1 heterocycles. The molecule has 1 aliphatic rings. The van der Waals surface area contributed by atoms with Crippen molar-refractivity contribution in [1.29, 1.82) is 0 Å². The molecule has 0 saturated heterocycles. The van der Waals surface area contributed by atoms with Crippen molar-refractivity contribution in [1.82, 2.24) is 5.32 Å². The molecule has 26 heavy (non-hydrogen) atoms. The van der Waals surface area contributed by atoms with Crippen LogP contribution in [0.15, 0.2) is 46.9 Å². The van der Waals surface area contributed by atoms with Gasteiger partial charge in [-0.3, -0.25) is 0 Å². The van der Waals surface area contributed by atoms with Crippen molar-refractivity contribution in [2.24, 2.45) is 0 Å². The summed E-state index contributed by atoms with van der Waals surface area (Å²) in [5.41, 5.74) is 1.33. The Morgan fingerprint density at radius 3 is 2.69 bits per heavy atom. The number of fused-ring (bicyclic) bond motifs is 1. The lowest BCUT2D eigenvalue weighted by Crippen LogP contribution is -2.36. The van der Waals surface area contributed by atoms with Gasteiger partial charge >= 0.3 is 0 Å². The summed E-state index contributed by atoms with van der Waals surface area (Å²) in [4.78, 5) is 0. The Bertz CT molecular complexity index is 710. The number of nitrogens with one attached hydrogen (secondary N) is 1. The Hall–Kier alpha value is -1.76. The first-order valence-electron chi connectivity index (χ1n) is 8.79. The predicted molar refractivity (Wildman–Crippen MR) is 104 cm³/mol. The van der Waals surface area contributed by atoms with E-state index in [1.54, 1.807) is 6.07 Å². The standard InChI is InChI=1S/C20H24BrNO4/c1-14(7-8-15-5-3-2-4-6-15)22-11-16(23)12-24-18-10-20-19(9-17(18)21)25-13-26-20/h2-6,9-10,14,16,22-23H,7-8,11-13H2,1H3. The Balaban J connectivity index is 1.38. The number of benzene rings is 2. The molecule has 2 aromatic rings. The lowest BCUT2D eigenvalue weighted by atomic mass is 10.1. The smallest absolute Gasteiger partial charge is 0.231 e. The molecule has 6 heteroatoms. The molecule has 0 spiro atoms. The largest absolute Gasteiger partial charge is 0.490 e. The minimum atomic E-state index is -0.591. The number of hydrogen-bond donors (Lipinski definition) is 2. The van der Waals surface area contributed by atoms with Crippen LogP contribution in [0.1, 0.15) is 18.9 Å². The number of aliphatic hydroxyl groups is 1. The fraction of sp³-hybridized carbons (Fsp3) is 0.400. The first kappa shape index (κ1) is 19.0. The van der Waals surface area contributed by atoms with Gasteiger partial charge in [0.05, 0.1) is 4.47 Å². The Morgan fingerprint density at radius 1 is 1.19 bits per heavy atom. The number of hydrogen-bond acceptors (Lipinski definition) is 5. The first-order chi connectivity index (χ1) is 12.6. The molecule has 2 atom stereocenters. The normalized spacial score (nSPS) is 14.9. The van der Waals surface area contributed by atoms with Crippen LogP contribution < -0.4 is 19.5 Å². The van der Waals surface area contributed by atoms with Crippen LogP contribution in [-0.4, -0.2) is 37.2 Å². The van der Waals surface area contributed by atoms with E-state index in [1.807, 2.05) is 12.1 Å². The van der Waals surface area contributed by atoms with Crippen LogP contribution in [-0.2, 0) is 6.42 Å². The van der Waals surface area contributed by atoms with E-state index in [0.717, 1.165) is 17.3 Å². The van der Waals surface area contributed by atoms with Crippen molar-refractivity contribution in [3.8, 4) is 17.2 Å². The van der Waals surface area contributed by atoms with E-state index in [0.29, 0.717) is 29.8 Å². The lowest BCUT2D eigenvalue weighted by molar-refractivity contribution is 0.103. The Kier molecular flexibility index (Phi) is 6.77. The monoisotopic (exact) mass is 421 g/mol. The lowest BCUT2D eigenvalue weighted by Gasteiger charge is -2.18. The van der Waals surface area contributed by atoms with Crippen molar-refractivity contribution in [3.05, 3.63) is 52.5 Å². The molecule has 0 saturated carbocycles. The Morgan fingerprint density at radius 2 is 1.92 bits per heavy atom. The number of aliphatic hydroxyl groups excluding tert-OH is 1. The molecule has 0 radical (unpaired) electrons. The summed E-state index contributed by atoms with van der Waals surface area (Å²) in [5, 5.41) is 13.5. The SMILES string of the molecule is CC(CCc1ccccc1)NCC(O)COc1cc2c(cc1Br)OCO2. The molecule has 0 amide bonds. The number of ether oxygens (including phenoxy) is 3. The van der Waals surface area contributed by atoms with Gasteiger partial charge in [0.2, 0.25) is 6.79 Å². The molecule has 140 valence electrons. The summed E-state index contributed by atoms with van der Waals surface area (Å²) < 4.78 is 17.1. The fourth-order valence-corrected chi connectivity index (χ4v) is 3.16. The highest BCUT2D eigenvalue weighted by atomic mass is 79.9. The van der Waals surface area contributed by atoms with Crippen LogP contribution in [0, 0.1) is 0 Å². The zero-order valence-electron chi connectivity index (χ0n) is 14.8. The summed E-state index contributed by atoms with van der Waals surface area (Å²) in [7, 11) is 0. The number of halogens is 1. The molecule has 5 nitrogen and oxygen atoms in total. The fourth-order valence-electron chi connectivity index (χ4n) is 2.72. The molecule has 2 aromatic carbocycles. The maximum atomic E-state index is 10.2. The van der Waals surface area contributed by atoms with Crippen molar-refractivity contribution in [2.45, 2.75) is 31.9 Å². The van der Waals surface area contributed by atoms with Crippen molar-refractivity contribution in [2.75, 3.05) is 19.9 Å². The summed E-state index contributed by atoms with van der Waals surface area (Å²) in [6, 6.07) is 14.3. The predicted octanol–water partition coefficient (Wildman–Crippen LogP) is 3.53. The highest BCUT2D eigenvalue weighted by Crippen LogP contribution is 2.40. The van der Waals surface area contributed by atoms with E-state index >= 15 is 0 Å². The van der Waals surface area contributed by atoms with Crippen molar-refractivity contribution >= 4 is 15.9 Å². The van der Waals surface area contributed by atoms with E-state index in [9.17, 15) is 5.11 Å². The number of aryl methyl sites for hydroxylation is 1. The van der Waals surface area contributed by atoms with Crippen LogP contribution in [0.25, 0.3) is 0 Å². The molecule has 0 bridgehead atoms. The van der Waals surface area contributed by atoms with Gasteiger partial charge in [0.15, 0.2) is 11.5 Å². The molecule has 1 aliphatic heterocycles. The Labute approximate surface area is 162 Å². The number of rotatable bonds is 9. The molecule has 0 aromatic heterocycles. The maximum Gasteiger partial charge on any atom is 0.231 e. The molecule has 0 fully saturated rings. The van der Waals surface area contributed by atoms with E-state index in [-0.39, 0.29) is 13.4 Å². The van der Waals surface area contributed by atoms with Gasteiger partial charge < -0.3 is 24.6 Å². The van der Waals surface area contributed by atoms with Gasteiger partial charge in [-0.2, -0.15) is 0 Å². The third-order valence-corrected chi connectivity index (χ3v) is 4.89. The molecular formula is C20H24BrNO4. The highest BCUT2D eigenvalue weighted by Gasteiger charge is 2.18. The summed E-state index contributed by atoms with van der Waals surface area (Å²) in [6.07, 6.45) is 1.45. The van der Waals surface area contributed by atoms with E-state index in [4.69, 9.17) is 14.2 Å². The quantitative estimate of drug-likeness (QED) is 0.648. The second-order valence-electron chi connectivity index (χ2n) is 6.43. The summed E-state index contributed by atoms with van der Waals surface area (Å²) in [6.45, 7) is 3.04. The van der Waals surface area contributed by atoms with Crippen LogP contribution in [0.5, 0.6) is 17.2 Å². The van der Waals surface area contributed by atoms with Crippen LogP contribution >= 0.6 is 15.9 Å². The van der Waals surface area contributed by atoms with Crippen LogP contribution in [0.3, 0.4) is 0 Å². The van der Waals surface area contributed by atoms with E-state index in [2.05, 4.69) is 52.4 Å². The van der Waals surface area contributed by atoms with Crippen LogP contribution in [0.4, 0.5) is 0 Å². The maximum absolute atomic E-state index is 10.2. The van der Waals surface area contributed by atoms with Gasteiger partial charge in [0, 0.05) is 24.7 Å². The highest BCUT2D eigenvalue weighted by molar-refractivity contribution is 9.10. The minimum absolute atomic E-state index is 0.205. The summed E-state index contributed by atoms with van der Waals surface area (Å²) in [5.74, 6) is 1.98. The molecule has 0 aliphatic carbocycles. The zero-order chi connectivity index (χ0) is 18.4. The molecule has 2 N–H and O–H groups in total. The average Bonchev–Trinajstić information content (AvgIpc) is 3.10. The van der Waals surface area contributed by atoms with Crippen molar-refractivity contribution < 1.29 is 19.3 Å². The third kappa shape index (κ3) is 5.37. The van der Waals surface area contributed by atoms with Gasteiger partial charge in [-0.15, -0.1) is 0 Å². The van der Waals surface area contributed by atoms with Gasteiger partial charge in [0.25, 0.3) is 0 Å². The molecular weight excluding hydrogens is 398 g/mol. The van der Waals surface area contributed by atoms with Gasteiger partial charge in [-0.25, -0.2) is 0 Å². The first-order valence-corrected chi connectivity index (χ1v) is 9.58.